The van der Waals surface area contributed by atoms with Crippen LogP contribution in [0.25, 0.3) is 0 Å². The summed E-state index contributed by atoms with van der Waals surface area (Å²) in [6, 6.07) is 8.21. The third-order valence-corrected chi connectivity index (χ3v) is 7.25. The van der Waals surface area contributed by atoms with Gasteiger partial charge in [-0.05, 0) is 42.8 Å². The second-order valence-electron chi connectivity index (χ2n) is 8.11. The molecule has 0 aliphatic carbocycles. The van der Waals surface area contributed by atoms with E-state index in [1.54, 1.807) is 12.1 Å². The van der Waals surface area contributed by atoms with Crippen molar-refractivity contribution in [3.8, 4) is 5.88 Å². The Balaban J connectivity index is 1.56. The molecule has 4 rings (SSSR count). The summed E-state index contributed by atoms with van der Waals surface area (Å²) >= 11 is 0. The van der Waals surface area contributed by atoms with Crippen LogP contribution in [0.2, 0.25) is 0 Å². The van der Waals surface area contributed by atoms with Gasteiger partial charge in [0.1, 0.15) is 11.9 Å². The molecule has 31 heavy (non-hydrogen) atoms. The fourth-order valence-electron chi connectivity index (χ4n) is 4.01. The first kappa shape index (κ1) is 22.0. The minimum atomic E-state index is -3.85. The van der Waals surface area contributed by atoms with Crippen molar-refractivity contribution in [2.24, 2.45) is 0 Å². The molecule has 0 radical (unpaired) electrons. The molecule has 2 aliphatic heterocycles. The number of rotatable bonds is 5. The van der Waals surface area contributed by atoms with Gasteiger partial charge in [-0.15, -0.1) is 0 Å². The molecule has 2 unspecified atom stereocenters. The van der Waals surface area contributed by atoms with Gasteiger partial charge in [0, 0.05) is 38.0 Å². The Hall–Kier alpha value is -2.23. The normalized spacial score (nSPS) is 22.4. The van der Waals surface area contributed by atoms with Gasteiger partial charge in [-0.3, -0.25) is 4.72 Å². The number of hydrogen-bond acceptors (Lipinski definition) is 6. The number of aromatic nitrogens is 1. The summed E-state index contributed by atoms with van der Waals surface area (Å²) in [7, 11) is -0.309. The number of sulfonamides is 1. The zero-order valence-corrected chi connectivity index (χ0v) is 18.6. The Morgan fingerprint density at radius 1 is 1.23 bits per heavy atom. The van der Waals surface area contributed by atoms with E-state index < -0.39 is 16.2 Å². The third-order valence-electron chi connectivity index (χ3n) is 5.87. The molecule has 9 heteroatoms. The molecule has 2 aliphatic rings. The minimum Gasteiger partial charge on any atom is -0.479 e. The summed E-state index contributed by atoms with van der Waals surface area (Å²) in [5.41, 5.74) is 3.06. The molecule has 0 saturated carbocycles. The molecule has 168 valence electrons. The van der Waals surface area contributed by atoms with Gasteiger partial charge in [0.15, 0.2) is 0 Å². The molecular weight excluding hydrogens is 421 g/mol. The molecule has 0 spiro atoms. The minimum absolute atomic E-state index is 0.112. The maximum atomic E-state index is 13.7. The average Bonchev–Trinajstić information content (AvgIpc) is 2.94. The van der Waals surface area contributed by atoms with E-state index in [1.165, 1.54) is 19.2 Å². The van der Waals surface area contributed by atoms with Crippen LogP contribution in [-0.4, -0.2) is 58.3 Å². The quantitative estimate of drug-likeness (QED) is 0.756. The maximum Gasteiger partial charge on any atom is 0.262 e. The summed E-state index contributed by atoms with van der Waals surface area (Å²) in [5.74, 6) is 0.257. The Morgan fingerprint density at radius 3 is 2.68 bits per heavy atom. The van der Waals surface area contributed by atoms with E-state index in [0.717, 1.165) is 42.8 Å². The van der Waals surface area contributed by atoms with Gasteiger partial charge >= 0.3 is 0 Å². The van der Waals surface area contributed by atoms with Gasteiger partial charge < -0.3 is 14.4 Å². The van der Waals surface area contributed by atoms with Gasteiger partial charge in [0.2, 0.25) is 5.88 Å². The van der Waals surface area contributed by atoms with Crippen LogP contribution in [0, 0.1) is 0 Å². The molecule has 2 atom stereocenters. The number of ether oxygens (including phenoxy) is 2. The molecule has 0 bridgehead atoms. The lowest BCUT2D eigenvalue weighted by atomic mass is 10.0. The number of halogens is 1. The lowest BCUT2D eigenvalue weighted by molar-refractivity contribution is -0.0193. The smallest absolute Gasteiger partial charge is 0.262 e. The van der Waals surface area contributed by atoms with Crippen molar-refractivity contribution in [2.75, 3.05) is 38.6 Å². The number of nitrogens with one attached hydrogen (secondary N) is 1. The topological polar surface area (TPSA) is 80.8 Å². The Bertz CT molecular complexity index is 1030. The van der Waals surface area contributed by atoms with Crippen LogP contribution in [0.15, 0.2) is 35.2 Å². The highest BCUT2D eigenvalue weighted by molar-refractivity contribution is 7.92. The van der Waals surface area contributed by atoms with Crippen molar-refractivity contribution in [3.63, 3.8) is 0 Å². The van der Waals surface area contributed by atoms with E-state index in [2.05, 4.69) is 21.7 Å². The molecule has 7 nitrogen and oxygen atoms in total. The molecule has 0 amide bonds. The molecular formula is C22H28FN3O4S. The molecule has 1 aromatic carbocycles. The van der Waals surface area contributed by atoms with Gasteiger partial charge in [0.05, 0.1) is 24.7 Å². The van der Waals surface area contributed by atoms with E-state index in [1.807, 2.05) is 6.07 Å². The van der Waals surface area contributed by atoms with Crippen LogP contribution in [0.1, 0.15) is 35.8 Å². The Morgan fingerprint density at radius 2 is 1.97 bits per heavy atom. The van der Waals surface area contributed by atoms with Gasteiger partial charge in [0.25, 0.3) is 10.0 Å². The number of nitrogens with zero attached hydrogens (tertiary/aromatic N) is 2. The van der Waals surface area contributed by atoms with E-state index in [4.69, 9.17) is 9.47 Å². The lowest BCUT2D eigenvalue weighted by Crippen LogP contribution is -2.20. The van der Waals surface area contributed by atoms with Crippen molar-refractivity contribution in [3.05, 3.63) is 47.2 Å². The van der Waals surface area contributed by atoms with Crippen LogP contribution in [0.4, 0.5) is 10.1 Å². The van der Waals surface area contributed by atoms with Crippen molar-refractivity contribution in [1.29, 1.82) is 0 Å². The third kappa shape index (κ3) is 4.99. The largest absolute Gasteiger partial charge is 0.479 e. The first-order valence-electron chi connectivity index (χ1n) is 10.5. The molecule has 3 heterocycles. The van der Waals surface area contributed by atoms with Gasteiger partial charge in [-0.1, -0.05) is 12.1 Å². The van der Waals surface area contributed by atoms with E-state index in [0.29, 0.717) is 18.7 Å². The van der Waals surface area contributed by atoms with Crippen molar-refractivity contribution >= 4 is 15.7 Å². The second-order valence-corrected chi connectivity index (χ2v) is 9.79. The number of methoxy groups -OCH3 is 1. The summed E-state index contributed by atoms with van der Waals surface area (Å²) < 4.78 is 53.3. The predicted molar refractivity (Wildman–Crippen MR) is 116 cm³/mol. The number of anilines is 1. The summed E-state index contributed by atoms with van der Waals surface area (Å²) in [5, 5.41) is 0. The van der Waals surface area contributed by atoms with Crippen LogP contribution in [0.3, 0.4) is 0 Å². The molecule has 1 fully saturated rings. The molecule has 1 aromatic heterocycles. The Labute approximate surface area is 182 Å². The van der Waals surface area contributed by atoms with E-state index in [9.17, 15) is 12.8 Å². The van der Waals surface area contributed by atoms with E-state index in [-0.39, 0.29) is 23.3 Å². The monoisotopic (exact) mass is 449 g/mol. The standard InChI is InChI=1S/C22H28FN3O4S/c1-26-10-7-16-13-20(22(29-2)24-19(16)8-11-26)25-31(27,28)18-5-3-15(4-6-18)21-14-17(23)9-12-30-21/h3-6,13,17,21,25H,7-12,14H2,1-2H3. The van der Waals surface area contributed by atoms with Crippen molar-refractivity contribution in [2.45, 2.75) is 42.9 Å². The van der Waals surface area contributed by atoms with Gasteiger partial charge in [-0.25, -0.2) is 17.8 Å². The fraction of sp³-hybridized carbons (Fsp3) is 0.500. The number of alkyl halides is 1. The van der Waals surface area contributed by atoms with Crippen LogP contribution in [-0.2, 0) is 27.6 Å². The average molecular weight is 450 g/mol. The summed E-state index contributed by atoms with van der Waals surface area (Å²) in [6.45, 7) is 2.15. The van der Waals surface area contributed by atoms with Crippen molar-refractivity contribution in [1.82, 2.24) is 9.88 Å². The number of fused-ring (bicyclic) bond motifs is 1. The predicted octanol–water partition coefficient (Wildman–Crippen LogP) is 3.11. The highest BCUT2D eigenvalue weighted by Gasteiger charge is 2.25. The highest BCUT2D eigenvalue weighted by atomic mass is 32.2. The number of pyridine rings is 1. The molecule has 1 N–H and O–H groups in total. The number of benzene rings is 1. The zero-order chi connectivity index (χ0) is 22.0. The summed E-state index contributed by atoms with van der Waals surface area (Å²) in [6.07, 6.45) is 1.04. The number of likely N-dealkylation sites (N-methyl/N-ethyl adjacent to an activating group) is 1. The number of hydrogen-bond donors (Lipinski definition) is 1. The first-order chi connectivity index (χ1) is 14.9. The summed E-state index contributed by atoms with van der Waals surface area (Å²) in [4.78, 5) is 6.89. The maximum absolute atomic E-state index is 13.7. The highest BCUT2D eigenvalue weighted by Crippen LogP contribution is 2.32. The van der Waals surface area contributed by atoms with Crippen LogP contribution >= 0.6 is 0 Å². The SMILES string of the molecule is COc1nc2c(cc1NS(=O)(=O)c1ccc(C3CC(F)CCO3)cc1)CCN(C)CC2. The molecule has 1 saturated heterocycles. The van der Waals surface area contributed by atoms with Crippen molar-refractivity contribution < 1.29 is 22.3 Å². The molecule has 2 aromatic rings. The lowest BCUT2D eigenvalue weighted by Gasteiger charge is -2.25. The fourth-order valence-corrected chi connectivity index (χ4v) is 5.06. The van der Waals surface area contributed by atoms with Crippen LogP contribution in [0.5, 0.6) is 5.88 Å². The zero-order valence-electron chi connectivity index (χ0n) is 17.8. The van der Waals surface area contributed by atoms with Gasteiger partial charge in [-0.2, -0.15) is 0 Å². The Kier molecular flexibility index (Phi) is 6.45. The van der Waals surface area contributed by atoms with Crippen LogP contribution < -0.4 is 9.46 Å². The van der Waals surface area contributed by atoms with E-state index >= 15 is 0 Å². The second kappa shape index (κ2) is 9.10. The first-order valence-corrected chi connectivity index (χ1v) is 12.0.